The zero-order chi connectivity index (χ0) is 12.4. The number of hydrogen-bond donors (Lipinski definition) is 1. The van der Waals surface area contributed by atoms with Gasteiger partial charge in [-0.25, -0.2) is 4.98 Å². The molecule has 1 N–H and O–H groups in total. The average Bonchev–Trinajstić information content (AvgIpc) is 2.29. The molecule has 0 aliphatic carbocycles. The van der Waals surface area contributed by atoms with Crippen LogP contribution in [0.3, 0.4) is 0 Å². The van der Waals surface area contributed by atoms with Gasteiger partial charge in [0.15, 0.2) is 0 Å². The van der Waals surface area contributed by atoms with Crippen LogP contribution in [-0.2, 0) is 6.61 Å². The van der Waals surface area contributed by atoms with Crippen molar-refractivity contribution in [1.29, 1.82) is 0 Å². The van der Waals surface area contributed by atoms with E-state index in [0.29, 0.717) is 6.04 Å². The Morgan fingerprint density at radius 1 is 1.41 bits per heavy atom. The molecule has 0 radical (unpaired) electrons. The summed E-state index contributed by atoms with van der Waals surface area (Å²) in [6.45, 7) is 7.41. The Bertz CT molecular complexity index is 394. The Morgan fingerprint density at radius 2 is 2.18 bits per heavy atom. The number of aliphatic hydroxyl groups excluding tert-OH is 1. The summed E-state index contributed by atoms with van der Waals surface area (Å²) in [6.07, 6.45) is 0. The smallest absolute Gasteiger partial charge is 0.129 e. The van der Waals surface area contributed by atoms with Crippen LogP contribution in [0.25, 0.3) is 0 Å². The van der Waals surface area contributed by atoms with Crippen LogP contribution < -0.4 is 4.90 Å². The van der Waals surface area contributed by atoms with Crippen molar-refractivity contribution in [3.8, 4) is 0 Å². The molecule has 0 amide bonds. The minimum Gasteiger partial charge on any atom is -0.392 e. The lowest BCUT2D eigenvalue weighted by Crippen LogP contribution is -2.50. The fourth-order valence-corrected chi connectivity index (χ4v) is 2.38. The van der Waals surface area contributed by atoms with E-state index < -0.39 is 0 Å². The minimum atomic E-state index is 0.0669. The maximum atomic E-state index is 9.15. The number of rotatable bonds is 2. The molecule has 4 nitrogen and oxygen atoms in total. The molecule has 17 heavy (non-hydrogen) atoms. The number of likely N-dealkylation sites (N-methyl/N-ethyl adjacent to an activating group) is 1. The fourth-order valence-electron chi connectivity index (χ4n) is 2.38. The number of pyridine rings is 1. The summed E-state index contributed by atoms with van der Waals surface area (Å²) >= 11 is 0. The molecule has 1 unspecified atom stereocenters. The number of nitrogens with zero attached hydrogens (tertiary/aromatic N) is 3. The van der Waals surface area contributed by atoms with E-state index in [2.05, 4.69) is 28.8 Å². The van der Waals surface area contributed by atoms with Crippen molar-refractivity contribution >= 4 is 5.82 Å². The Morgan fingerprint density at radius 3 is 2.76 bits per heavy atom. The van der Waals surface area contributed by atoms with Crippen LogP contribution in [-0.4, -0.2) is 47.7 Å². The van der Waals surface area contributed by atoms with E-state index >= 15 is 0 Å². The van der Waals surface area contributed by atoms with Crippen molar-refractivity contribution in [2.24, 2.45) is 0 Å². The number of hydrogen-bond acceptors (Lipinski definition) is 4. The molecule has 0 bridgehead atoms. The van der Waals surface area contributed by atoms with Crippen LogP contribution >= 0.6 is 0 Å². The van der Waals surface area contributed by atoms with Gasteiger partial charge in [0.1, 0.15) is 5.82 Å². The van der Waals surface area contributed by atoms with E-state index in [1.165, 1.54) is 0 Å². The van der Waals surface area contributed by atoms with E-state index in [1.807, 2.05) is 19.1 Å². The van der Waals surface area contributed by atoms with Gasteiger partial charge < -0.3 is 14.9 Å². The van der Waals surface area contributed by atoms with Gasteiger partial charge in [0.25, 0.3) is 0 Å². The van der Waals surface area contributed by atoms with Crippen LogP contribution in [0.15, 0.2) is 12.1 Å². The first-order chi connectivity index (χ1) is 8.11. The molecule has 0 aromatic carbocycles. The Kier molecular flexibility index (Phi) is 3.64. The Hall–Kier alpha value is -1.13. The van der Waals surface area contributed by atoms with Crippen molar-refractivity contribution in [3.05, 3.63) is 23.4 Å². The Labute approximate surface area is 103 Å². The van der Waals surface area contributed by atoms with E-state index in [4.69, 9.17) is 5.11 Å². The van der Waals surface area contributed by atoms with Gasteiger partial charge in [-0.2, -0.15) is 0 Å². The van der Waals surface area contributed by atoms with Gasteiger partial charge in [-0.1, -0.05) is 6.07 Å². The van der Waals surface area contributed by atoms with Crippen LogP contribution in [0.4, 0.5) is 5.82 Å². The van der Waals surface area contributed by atoms with Crippen LogP contribution in [0, 0.1) is 6.92 Å². The highest BCUT2D eigenvalue weighted by Gasteiger charge is 2.22. The summed E-state index contributed by atoms with van der Waals surface area (Å²) in [5.41, 5.74) is 1.84. The summed E-state index contributed by atoms with van der Waals surface area (Å²) in [5.74, 6) is 1.03. The molecule has 2 rings (SSSR count). The molecule has 94 valence electrons. The fraction of sp³-hybridized carbons (Fsp3) is 0.615. The standard InChI is InChI=1S/C13H21N3O/c1-10-8-15(3)6-7-16(10)13-5-4-12(9-17)11(2)14-13/h4-5,10,17H,6-9H2,1-3H3. The highest BCUT2D eigenvalue weighted by molar-refractivity contribution is 5.43. The van der Waals surface area contributed by atoms with Crippen LogP contribution in [0.2, 0.25) is 0 Å². The van der Waals surface area contributed by atoms with Crippen LogP contribution in [0.1, 0.15) is 18.2 Å². The summed E-state index contributed by atoms with van der Waals surface area (Å²) in [5, 5.41) is 9.15. The molecule has 1 saturated heterocycles. The topological polar surface area (TPSA) is 39.6 Å². The first-order valence-corrected chi connectivity index (χ1v) is 6.14. The van der Waals surface area contributed by atoms with Crippen LogP contribution in [0.5, 0.6) is 0 Å². The van der Waals surface area contributed by atoms with Gasteiger partial charge in [-0.3, -0.25) is 0 Å². The first-order valence-electron chi connectivity index (χ1n) is 6.14. The maximum absolute atomic E-state index is 9.15. The summed E-state index contributed by atoms with van der Waals surface area (Å²) < 4.78 is 0. The van der Waals surface area contributed by atoms with E-state index in [0.717, 1.165) is 36.7 Å². The summed E-state index contributed by atoms with van der Waals surface area (Å²) in [4.78, 5) is 9.28. The summed E-state index contributed by atoms with van der Waals surface area (Å²) in [7, 11) is 2.15. The number of piperazine rings is 1. The first kappa shape index (κ1) is 12.3. The number of anilines is 1. The molecule has 4 heteroatoms. The second-order valence-corrected chi connectivity index (χ2v) is 4.88. The second-order valence-electron chi connectivity index (χ2n) is 4.88. The quantitative estimate of drug-likeness (QED) is 0.831. The third-order valence-electron chi connectivity index (χ3n) is 3.48. The molecular weight excluding hydrogens is 214 g/mol. The largest absolute Gasteiger partial charge is 0.392 e. The third kappa shape index (κ3) is 2.58. The molecule has 0 spiro atoms. The van der Waals surface area contributed by atoms with E-state index in [-0.39, 0.29) is 6.61 Å². The number of aromatic nitrogens is 1. The van der Waals surface area contributed by atoms with Gasteiger partial charge in [0.2, 0.25) is 0 Å². The SMILES string of the molecule is Cc1nc(N2CCN(C)CC2C)ccc1CO. The van der Waals surface area contributed by atoms with Crippen molar-refractivity contribution in [3.63, 3.8) is 0 Å². The van der Waals surface area contributed by atoms with Gasteiger partial charge in [0.05, 0.1) is 6.61 Å². The molecule has 0 saturated carbocycles. The number of aryl methyl sites for hydroxylation is 1. The molecule has 1 fully saturated rings. The lowest BCUT2D eigenvalue weighted by molar-refractivity contribution is 0.274. The minimum absolute atomic E-state index is 0.0669. The molecule has 1 aromatic rings. The maximum Gasteiger partial charge on any atom is 0.129 e. The predicted octanol–water partition coefficient (Wildman–Crippen LogP) is 1.02. The predicted molar refractivity (Wildman–Crippen MR) is 69.2 cm³/mol. The third-order valence-corrected chi connectivity index (χ3v) is 3.48. The van der Waals surface area contributed by atoms with Crippen molar-refractivity contribution in [2.75, 3.05) is 31.6 Å². The second kappa shape index (κ2) is 5.02. The zero-order valence-electron chi connectivity index (χ0n) is 10.8. The van der Waals surface area contributed by atoms with Gasteiger partial charge in [0, 0.05) is 31.4 Å². The lowest BCUT2D eigenvalue weighted by Gasteiger charge is -2.39. The van der Waals surface area contributed by atoms with E-state index in [9.17, 15) is 0 Å². The highest BCUT2D eigenvalue weighted by atomic mass is 16.3. The number of aliphatic hydroxyl groups is 1. The molecule has 2 heterocycles. The molecule has 1 aliphatic heterocycles. The molecular formula is C13H21N3O. The van der Waals surface area contributed by atoms with Crippen molar-refractivity contribution in [2.45, 2.75) is 26.5 Å². The van der Waals surface area contributed by atoms with Crippen molar-refractivity contribution < 1.29 is 5.11 Å². The van der Waals surface area contributed by atoms with Gasteiger partial charge >= 0.3 is 0 Å². The van der Waals surface area contributed by atoms with Gasteiger partial charge in [-0.15, -0.1) is 0 Å². The molecule has 1 aliphatic rings. The summed E-state index contributed by atoms with van der Waals surface area (Å²) in [6, 6.07) is 4.48. The lowest BCUT2D eigenvalue weighted by atomic mass is 10.1. The molecule has 1 aromatic heterocycles. The normalized spacial score (nSPS) is 21.9. The molecule has 1 atom stereocenters. The zero-order valence-corrected chi connectivity index (χ0v) is 10.8. The monoisotopic (exact) mass is 235 g/mol. The van der Waals surface area contributed by atoms with Crippen molar-refractivity contribution in [1.82, 2.24) is 9.88 Å². The highest BCUT2D eigenvalue weighted by Crippen LogP contribution is 2.19. The average molecular weight is 235 g/mol. The Balaban J connectivity index is 2.19. The van der Waals surface area contributed by atoms with E-state index in [1.54, 1.807) is 0 Å². The van der Waals surface area contributed by atoms with Gasteiger partial charge in [-0.05, 0) is 32.5 Å².